The number of hydrogen-bond acceptors (Lipinski definition) is 5. The molecule has 46 heavy (non-hydrogen) atoms. The lowest BCUT2D eigenvalue weighted by Crippen LogP contribution is -2.11. The molecule has 0 heterocycles. The van der Waals surface area contributed by atoms with Crippen LogP contribution in [0.5, 0.6) is 11.5 Å². The van der Waals surface area contributed by atoms with Crippen molar-refractivity contribution in [3.63, 3.8) is 0 Å². The van der Waals surface area contributed by atoms with Crippen molar-refractivity contribution >= 4 is 23.0 Å². The molecule has 3 aromatic carbocycles. The zero-order chi connectivity index (χ0) is 32.8. The van der Waals surface area contributed by atoms with E-state index in [9.17, 15) is 9.59 Å². The summed E-state index contributed by atoms with van der Waals surface area (Å²) in [6.45, 7) is 7.83. The van der Waals surface area contributed by atoms with Crippen molar-refractivity contribution in [2.75, 3.05) is 13.2 Å². The Kier molecular flexibility index (Phi) is 17.9. The number of carbonyl (C=O) groups excluding carboxylic acids is 2. The van der Waals surface area contributed by atoms with Crippen molar-refractivity contribution in [1.29, 1.82) is 0 Å². The normalized spacial score (nSPS) is 11.8. The molecule has 3 aromatic rings. The van der Waals surface area contributed by atoms with Crippen molar-refractivity contribution in [1.82, 2.24) is 0 Å². The van der Waals surface area contributed by atoms with Gasteiger partial charge in [0.15, 0.2) is 6.29 Å². The van der Waals surface area contributed by atoms with E-state index in [1.807, 2.05) is 42.5 Å². The number of aldehydes is 1. The molecule has 0 amide bonds. The van der Waals surface area contributed by atoms with Gasteiger partial charge in [-0.15, -0.1) is 0 Å². The van der Waals surface area contributed by atoms with E-state index in [1.54, 1.807) is 12.1 Å². The topological polar surface area (TPSA) is 61.8 Å². The van der Waals surface area contributed by atoms with Crippen molar-refractivity contribution in [2.24, 2.45) is 5.92 Å². The van der Waals surface area contributed by atoms with Crippen molar-refractivity contribution in [3.05, 3.63) is 71.3 Å². The molecule has 0 radical (unpaired) electrons. The number of ether oxygens (including phenoxy) is 3. The molecule has 252 valence electrons. The van der Waals surface area contributed by atoms with Gasteiger partial charge < -0.3 is 14.2 Å². The molecule has 0 saturated heterocycles. The van der Waals surface area contributed by atoms with Gasteiger partial charge in [0.25, 0.3) is 0 Å². The fraction of sp³-hybridized carbons (Fsp3) is 0.561. The quantitative estimate of drug-likeness (QED) is 0.0529. The Labute approximate surface area is 278 Å². The summed E-state index contributed by atoms with van der Waals surface area (Å²) in [6, 6.07) is 16.9. The standard InChI is InChI=1S/C41H58O5/c1-4-6-7-8-9-10-11-12-13-14-15-16-17-18-19-28-44-37-25-26-38-36(29-37)24-27-40(39(38)30-42)45-32-34-20-22-35(23-21-34)41(43)46-31-33(3)5-2/h20-27,29-30,33H,4-19,28,31-32H2,1-3H3/t33-/m1/s1. The average molecular weight is 631 g/mol. The summed E-state index contributed by atoms with van der Waals surface area (Å²) in [5, 5.41) is 1.79. The van der Waals surface area contributed by atoms with Crippen LogP contribution in [0, 0.1) is 5.92 Å². The van der Waals surface area contributed by atoms with E-state index < -0.39 is 0 Å². The van der Waals surface area contributed by atoms with Crippen LogP contribution in [0.3, 0.4) is 0 Å². The molecule has 0 aliphatic rings. The van der Waals surface area contributed by atoms with Gasteiger partial charge in [0, 0.05) is 0 Å². The van der Waals surface area contributed by atoms with Gasteiger partial charge in [-0.25, -0.2) is 4.79 Å². The van der Waals surface area contributed by atoms with Crippen LogP contribution >= 0.6 is 0 Å². The zero-order valence-corrected chi connectivity index (χ0v) is 28.8. The zero-order valence-electron chi connectivity index (χ0n) is 28.8. The van der Waals surface area contributed by atoms with Gasteiger partial charge in [0.1, 0.15) is 18.1 Å². The summed E-state index contributed by atoms with van der Waals surface area (Å²) >= 11 is 0. The molecule has 0 aliphatic heterocycles. The molecular weight excluding hydrogens is 572 g/mol. The third-order valence-electron chi connectivity index (χ3n) is 8.91. The first-order valence-electron chi connectivity index (χ1n) is 18.1. The third kappa shape index (κ3) is 13.6. The van der Waals surface area contributed by atoms with Gasteiger partial charge >= 0.3 is 5.97 Å². The maximum Gasteiger partial charge on any atom is 0.338 e. The number of benzene rings is 3. The highest BCUT2D eigenvalue weighted by molar-refractivity contribution is 6.01. The Morgan fingerprint density at radius 3 is 1.91 bits per heavy atom. The Bertz CT molecular complexity index is 1280. The summed E-state index contributed by atoms with van der Waals surface area (Å²) in [5.74, 6) is 1.38. The molecular formula is C41H58O5. The number of unbranched alkanes of at least 4 members (excludes halogenated alkanes) is 14. The van der Waals surface area contributed by atoms with Crippen LogP contribution in [-0.2, 0) is 11.3 Å². The molecule has 0 fully saturated rings. The average Bonchev–Trinajstić information content (AvgIpc) is 3.09. The molecule has 0 N–H and O–H groups in total. The highest BCUT2D eigenvalue weighted by atomic mass is 16.5. The highest BCUT2D eigenvalue weighted by Crippen LogP contribution is 2.30. The molecule has 0 bridgehead atoms. The predicted molar refractivity (Wildman–Crippen MR) is 190 cm³/mol. The van der Waals surface area contributed by atoms with E-state index in [2.05, 4.69) is 20.8 Å². The molecule has 0 aromatic heterocycles. The molecule has 1 atom stereocenters. The summed E-state index contributed by atoms with van der Waals surface area (Å²) < 4.78 is 17.5. The summed E-state index contributed by atoms with van der Waals surface area (Å²) in [4.78, 5) is 24.3. The first-order valence-corrected chi connectivity index (χ1v) is 18.1. The fourth-order valence-electron chi connectivity index (χ4n) is 5.63. The lowest BCUT2D eigenvalue weighted by Gasteiger charge is -2.13. The molecule has 0 aliphatic carbocycles. The van der Waals surface area contributed by atoms with Crippen LogP contribution < -0.4 is 9.47 Å². The van der Waals surface area contributed by atoms with Gasteiger partial charge in [0.05, 0.1) is 24.3 Å². The van der Waals surface area contributed by atoms with Crippen LogP contribution in [0.2, 0.25) is 0 Å². The number of hydrogen-bond donors (Lipinski definition) is 0. The van der Waals surface area contributed by atoms with Gasteiger partial charge in [-0.3, -0.25) is 4.79 Å². The Balaban J connectivity index is 1.33. The number of esters is 1. The number of carbonyl (C=O) groups is 2. The lowest BCUT2D eigenvalue weighted by molar-refractivity contribution is 0.0447. The Hall–Kier alpha value is -3.34. The highest BCUT2D eigenvalue weighted by Gasteiger charge is 2.12. The summed E-state index contributed by atoms with van der Waals surface area (Å²) in [7, 11) is 0. The van der Waals surface area contributed by atoms with Gasteiger partial charge in [-0.2, -0.15) is 0 Å². The van der Waals surface area contributed by atoms with Crippen molar-refractivity contribution in [3.8, 4) is 11.5 Å². The minimum absolute atomic E-state index is 0.287. The van der Waals surface area contributed by atoms with Crippen molar-refractivity contribution in [2.45, 2.75) is 130 Å². The van der Waals surface area contributed by atoms with E-state index in [0.29, 0.717) is 36.0 Å². The fourth-order valence-corrected chi connectivity index (χ4v) is 5.63. The minimum atomic E-state index is -0.316. The summed E-state index contributed by atoms with van der Waals surface area (Å²) in [6.07, 6.45) is 22.1. The molecule has 5 heteroatoms. The maximum atomic E-state index is 12.3. The SMILES string of the molecule is CCCCCCCCCCCCCCCCCOc1ccc2c(C=O)c(OCc3ccc(C(=O)OC[C@H](C)CC)cc3)ccc2c1. The first kappa shape index (κ1) is 37.1. The smallest absolute Gasteiger partial charge is 0.338 e. The van der Waals surface area contributed by atoms with E-state index in [-0.39, 0.29) is 12.6 Å². The number of fused-ring (bicyclic) bond motifs is 1. The van der Waals surface area contributed by atoms with Crippen molar-refractivity contribution < 1.29 is 23.8 Å². The predicted octanol–water partition coefficient (Wildman–Crippen LogP) is 11.7. The van der Waals surface area contributed by atoms with E-state index in [1.165, 1.54) is 89.9 Å². The van der Waals surface area contributed by atoms with Crippen LogP contribution in [0.15, 0.2) is 54.6 Å². The molecule has 0 spiro atoms. The van der Waals surface area contributed by atoms with Gasteiger partial charge in [0.2, 0.25) is 0 Å². The van der Waals surface area contributed by atoms with Crippen LogP contribution in [0.25, 0.3) is 10.8 Å². The van der Waals surface area contributed by atoms with E-state index >= 15 is 0 Å². The minimum Gasteiger partial charge on any atom is -0.494 e. The second-order valence-electron chi connectivity index (χ2n) is 12.9. The molecule has 3 rings (SSSR count). The Morgan fingerprint density at radius 1 is 0.717 bits per heavy atom. The second kappa shape index (κ2) is 22.2. The Morgan fingerprint density at radius 2 is 1.33 bits per heavy atom. The largest absolute Gasteiger partial charge is 0.494 e. The number of rotatable bonds is 25. The lowest BCUT2D eigenvalue weighted by atomic mass is 10.0. The van der Waals surface area contributed by atoms with E-state index in [0.717, 1.165) is 41.2 Å². The first-order chi connectivity index (χ1) is 22.5. The molecule has 0 saturated carbocycles. The maximum absolute atomic E-state index is 12.3. The molecule has 0 unspecified atom stereocenters. The van der Waals surface area contributed by atoms with Gasteiger partial charge in [-0.05, 0) is 65.1 Å². The monoisotopic (exact) mass is 630 g/mol. The summed E-state index contributed by atoms with van der Waals surface area (Å²) in [5.41, 5.74) is 1.94. The second-order valence-corrected chi connectivity index (χ2v) is 12.9. The van der Waals surface area contributed by atoms with Gasteiger partial charge in [-0.1, -0.05) is 135 Å². The van der Waals surface area contributed by atoms with Crippen LogP contribution in [0.4, 0.5) is 0 Å². The third-order valence-corrected chi connectivity index (χ3v) is 8.91. The molecule has 5 nitrogen and oxygen atoms in total. The van der Waals surface area contributed by atoms with Crippen LogP contribution in [0.1, 0.15) is 150 Å². The van der Waals surface area contributed by atoms with Crippen LogP contribution in [-0.4, -0.2) is 25.5 Å². The van der Waals surface area contributed by atoms with E-state index in [4.69, 9.17) is 14.2 Å².